The van der Waals surface area contributed by atoms with E-state index in [1.54, 1.807) is 0 Å². The zero-order valence-corrected chi connectivity index (χ0v) is 13.9. The van der Waals surface area contributed by atoms with Gasteiger partial charge in [-0.25, -0.2) is 0 Å². The Morgan fingerprint density at radius 3 is 2.40 bits per heavy atom. The molecule has 2 heteroatoms. The van der Waals surface area contributed by atoms with Crippen LogP contribution in [0.5, 0.6) is 0 Å². The molecule has 1 nitrogen and oxygen atoms in total. The number of rotatable bonds is 2. The van der Waals surface area contributed by atoms with Crippen molar-refractivity contribution in [3.63, 3.8) is 0 Å². The fourth-order valence-electron chi connectivity index (χ4n) is 3.24. The van der Waals surface area contributed by atoms with Crippen LogP contribution in [0.15, 0.2) is 34.8 Å². The topological polar surface area (TPSA) is 3.24 Å². The first kappa shape index (κ1) is 13.8. The number of hydrogen-bond acceptors (Lipinski definition) is 1. The van der Waals surface area contributed by atoms with Gasteiger partial charge < -0.3 is 0 Å². The molecule has 0 unspecified atom stereocenters. The summed E-state index contributed by atoms with van der Waals surface area (Å²) in [5.41, 5.74) is 8.59. The second-order valence-electron chi connectivity index (χ2n) is 5.90. The van der Waals surface area contributed by atoms with Gasteiger partial charge in [-0.05, 0) is 54.7 Å². The Hall–Kier alpha value is -1.12. The van der Waals surface area contributed by atoms with E-state index in [2.05, 4.69) is 71.9 Å². The van der Waals surface area contributed by atoms with Crippen molar-refractivity contribution in [1.82, 2.24) is 4.90 Å². The number of benzene rings is 2. The summed E-state index contributed by atoms with van der Waals surface area (Å²) in [4.78, 5) is 2.53. The van der Waals surface area contributed by atoms with Crippen LogP contribution in [0.25, 0.3) is 0 Å². The third-order valence-electron chi connectivity index (χ3n) is 4.21. The minimum atomic E-state index is 1.04. The average molecular weight is 330 g/mol. The van der Waals surface area contributed by atoms with E-state index in [1.165, 1.54) is 37.9 Å². The lowest BCUT2D eigenvalue weighted by Gasteiger charge is -2.19. The van der Waals surface area contributed by atoms with Gasteiger partial charge in [0.25, 0.3) is 0 Å². The third-order valence-corrected chi connectivity index (χ3v) is 4.96. The number of nitrogens with zero attached hydrogens (tertiary/aromatic N) is 1. The average Bonchev–Trinajstić information content (AvgIpc) is 2.78. The highest BCUT2D eigenvalue weighted by Gasteiger charge is 2.21. The summed E-state index contributed by atoms with van der Waals surface area (Å²) in [6.45, 7) is 9.78. The van der Waals surface area contributed by atoms with Crippen molar-refractivity contribution in [2.45, 2.75) is 40.4 Å². The van der Waals surface area contributed by atoms with Crippen LogP contribution < -0.4 is 0 Å². The first-order valence-electron chi connectivity index (χ1n) is 7.10. The molecule has 0 atom stereocenters. The molecule has 2 aromatic carbocycles. The van der Waals surface area contributed by atoms with E-state index in [0.717, 1.165) is 19.6 Å². The molecule has 0 saturated carbocycles. The molecule has 1 aliphatic rings. The van der Waals surface area contributed by atoms with Gasteiger partial charge in [0.05, 0.1) is 0 Å². The molecule has 2 aromatic rings. The molecule has 0 amide bonds. The van der Waals surface area contributed by atoms with E-state index in [9.17, 15) is 0 Å². The van der Waals surface area contributed by atoms with Crippen LogP contribution in [0, 0.1) is 20.8 Å². The lowest BCUT2D eigenvalue weighted by atomic mass is 9.99. The van der Waals surface area contributed by atoms with Gasteiger partial charge in [0, 0.05) is 24.1 Å². The van der Waals surface area contributed by atoms with Crippen molar-refractivity contribution >= 4 is 15.9 Å². The van der Waals surface area contributed by atoms with Crippen LogP contribution in [0.1, 0.15) is 33.4 Å². The lowest BCUT2D eigenvalue weighted by molar-refractivity contribution is 0.274. The number of aryl methyl sites for hydroxylation is 3. The molecule has 0 radical (unpaired) electrons. The van der Waals surface area contributed by atoms with Gasteiger partial charge >= 0.3 is 0 Å². The Balaban J connectivity index is 1.84. The maximum Gasteiger partial charge on any atom is 0.0255 e. The monoisotopic (exact) mass is 329 g/mol. The molecule has 104 valence electrons. The SMILES string of the molecule is Cc1cc(C)c(CN2Cc3cccc(Br)c3C2)c(C)c1. The number of fused-ring (bicyclic) bond motifs is 1. The van der Waals surface area contributed by atoms with E-state index in [4.69, 9.17) is 0 Å². The summed E-state index contributed by atoms with van der Waals surface area (Å²) in [6, 6.07) is 11.1. The van der Waals surface area contributed by atoms with E-state index < -0.39 is 0 Å². The maximum absolute atomic E-state index is 3.67. The Bertz CT molecular complexity index is 637. The Morgan fingerprint density at radius 1 is 1.05 bits per heavy atom. The molecule has 0 fully saturated rings. The van der Waals surface area contributed by atoms with Crippen LogP contribution in [0.2, 0.25) is 0 Å². The highest BCUT2D eigenvalue weighted by atomic mass is 79.9. The van der Waals surface area contributed by atoms with Gasteiger partial charge in [-0.1, -0.05) is 45.8 Å². The first-order chi connectivity index (χ1) is 9.54. The number of hydrogen-bond donors (Lipinski definition) is 0. The van der Waals surface area contributed by atoms with Gasteiger partial charge in [0.2, 0.25) is 0 Å². The summed E-state index contributed by atoms with van der Waals surface area (Å²) in [7, 11) is 0. The van der Waals surface area contributed by atoms with Crippen LogP contribution in [0.4, 0.5) is 0 Å². The highest BCUT2D eigenvalue weighted by molar-refractivity contribution is 9.10. The number of halogens is 1. The van der Waals surface area contributed by atoms with Crippen molar-refractivity contribution in [1.29, 1.82) is 0 Å². The predicted octanol–water partition coefficient (Wildman–Crippen LogP) is 4.89. The summed E-state index contributed by atoms with van der Waals surface area (Å²) in [6.07, 6.45) is 0. The zero-order chi connectivity index (χ0) is 14.3. The van der Waals surface area contributed by atoms with Crippen molar-refractivity contribution in [2.75, 3.05) is 0 Å². The minimum absolute atomic E-state index is 1.04. The molecular formula is C18H20BrN. The fourth-order valence-corrected chi connectivity index (χ4v) is 3.78. The van der Waals surface area contributed by atoms with E-state index >= 15 is 0 Å². The van der Waals surface area contributed by atoms with E-state index in [1.807, 2.05) is 0 Å². The lowest BCUT2D eigenvalue weighted by Crippen LogP contribution is -2.17. The predicted molar refractivity (Wildman–Crippen MR) is 87.7 cm³/mol. The molecule has 20 heavy (non-hydrogen) atoms. The maximum atomic E-state index is 3.67. The molecule has 0 bridgehead atoms. The van der Waals surface area contributed by atoms with Crippen LogP contribution in [-0.4, -0.2) is 4.90 Å². The smallest absolute Gasteiger partial charge is 0.0255 e. The zero-order valence-electron chi connectivity index (χ0n) is 12.3. The molecule has 0 aliphatic carbocycles. The van der Waals surface area contributed by atoms with Crippen LogP contribution in [0.3, 0.4) is 0 Å². The summed E-state index contributed by atoms with van der Waals surface area (Å²) in [5, 5.41) is 0. The normalized spacial score (nSPS) is 14.6. The third kappa shape index (κ3) is 2.55. The molecule has 0 aromatic heterocycles. The van der Waals surface area contributed by atoms with Crippen molar-refractivity contribution in [3.05, 3.63) is 68.2 Å². The van der Waals surface area contributed by atoms with E-state index in [0.29, 0.717) is 0 Å². The molecule has 3 rings (SSSR count). The second-order valence-corrected chi connectivity index (χ2v) is 6.75. The summed E-state index contributed by atoms with van der Waals surface area (Å²) < 4.78 is 1.25. The Kier molecular flexibility index (Phi) is 3.70. The van der Waals surface area contributed by atoms with Gasteiger partial charge in [-0.2, -0.15) is 0 Å². The van der Waals surface area contributed by atoms with Crippen LogP contribution in [-0.2, 0) is 19.6 Å². The van der Waals surface area contributed by atoms with Gasteiger partial charge in [0.1, 0.15) is 0 Å². The highest BCUT2D eigenvalue weighted by Crippen LogP contribution is 2.31. The summed E-state index contributed by atoms with van der Waals surface area (Å²) in [5.74, 6) is 0. The largest absolute Gasteiger partial charge is 0.290 e. The molecule has 0 spiro atoms. The van der Waals surface area contributed by atoms with E-state index in [-0.39, 0.29) is 0 Å². The molecule has 0 saturated heterocycles. The van der Waals surface area contributed by atoms with Gasteiger partial charge in [-0.15, -0.1) is 0 Å². The van der Waals surface area contributed by atoms with Gasteiger partial charge in [0.15, 0.2) is 0 Å². The molecule has 1 aliphatic heterocycles. The molecule has 1 heterocycles. The first-order valence-corrected chi connectivity index (χ1v) is 7.89. The minimum Gasteiger partial charge on any atom is -0.290 e. The summed E-state index contributed by atoms with van der Waals surface area (Å²) >= 11 is 3.67. The van der Waals surface area contributed by atoms with Crippen molar-refractivity contribution in [2.24, 2.45) is 0 Å². The fraction of sp³-hybridized carbons (Fsp3) is 0.333. The second kappa shape index (κ2) is 5.34. The van der Waals surface area contributed by atoms with Crippen molar-refractivity contribution in [3.8, 4) is 0 Å². The van der Waals surface area contributed by atoms with Gasteiger partial charge in [-0.3, -0.25) is 4.90 Å². The molecular weight excluding hydrogens is 310 g/mol. The Labute approximate surface area is 129 Å². The molecule has 0 N–H and O–H groups in total. The standard InChI is InChI=1S/C18H20BrN/c1-12-7-13(2)16(14(3)8-12)10-20-9-15-5-4-6-18(19)17(15)11-20/h4-8H,9-11H2,1-3H3. The Morgan fingerprint density at radius 2 is 1.75 bits per heavy atom. The van der Waals surface area contributed by atoms with Crippen LogP contribution >= 0.6 is 15.9 Å². The quantitative estimate of drug-likeness (QED) is 0.758. The van der Waals surface area contributed by atoms with Crippen molar-refractivity contribution < 1.29 is 0 Å².